The lowest BCUT2D eigenvalue weighted by atomic mass is 9.96. The summed E-state index contributed by atoms with van der Waals surface area (Å²) in [4.78, 5) is 26.5. The molecule has 5 nitrogen and oxygen atoms in total. The van der Waals surface area contributed by atoms with Gasteiger partial charge in [0.25, 0.3) is 12.3 Å². The molecule has 2 rings (SSSR count). The third-order valence-electron chi connectivity index (χ3n) is 5.39. The van der Waals surface area contributed by atoms with Crippen molar-refractivity contribution >= 4 is 11.8 Å². The number of piperidine rings is 1. The average Bonchev–Trinajstić information content (AvgIpc) is 2.66. The van der Waals surface area contributed by atoms with Gasteiger partial charge in [-0.3, -0.25) is 14.5 Å². The Bertz CT molecular complexity index is 671. The van der Waals surface area contributed by atoms with E-state index in [1.807, 2.05) is 20.8 Å². The van der Waals surface area contributed by atoms with Crippen molar-refractivity contribution in [1.82, 2.24) is 15.5 Å². The maximum absolute atomic E-state index is 12.8. The molecule has 0 unspecified atom stereocenters. The Kier molecular flexibility index (Phi) is 7.92. The normalized spacial score (nSPS) is 16.2. The summed E-state index contributed by atoms with van der Waals surface area (Å²) in [5.41, 5.74) is -0.0858. The number of alkyl halides is 2. The van der Waals surface area contributed by atoms with Gasteiger partial charge in [0, 0.05) is 23.2 Å². The van der Waals surface area contributed by atoms with Crippen molar-refractivity contribution < 1.29 is 18.4 Å². The SMILES string of the molecule is CCC(C)(C)NC(=O)CN1CCC(CNC(=O)c2cccc(C(F)F)c2)CC1. The van der Waals surface area contributed by atoms with Crippen molar-refractivity contribution in [1.29, 1.82) is 0 Å². The van der Waals surface area contributed by atoms with Crippen molar-refractivity contribution in [3.05, 3.63) is 35.4 Å². The van der Waals surface area contributed by atoms with Gasteiger partial charge < -0.3 is 10.6 Å². The predicted octanol–water partition coefficient (Wildman–Crippen LogP) is 3.37. The zero-order valence-electron chi connectivity index (χ0n) is 16.9. The molecule has 2 N–H and O–H groups in total. The first kappa shape index (κ1) is 22.3. The van der Waals surface area contributed by atoms with Gasteiger partial charge in [0.15, 0.2) is 0 Å². The second kappa shape index (κ2) is 9.96. The molecule has 2 amide bonds. The monoisotopic (exact) mass is 395 g/mol. The molecule has 28 heavy (non-hydrogen) atoms. The molecule has 0 spiro atoms. The first-order chi connectivity index (χ1) is 13.2. The second-order valence-corrected chi connectivity index (χ2v) is 8.14. The summed E-state index contributed by atoms with van der Waals surface area (Å²) in [6.45, 7) is 8.59. The van der Waals surface area contributed by atoms with Crippen LogP contribution >= 0.6 is 0 Å². The van der Waals surface area contributed by atoms with Crippen molar-refractivity contribution in [2.24, 2.45) is 5.92 Å². The van der Waals surface area contributed by atoms with Crippen LogP contribution in [0, 0.1) is 5.92 Å². The molecule has 1 aliphatic rings. The van der Waals surface area contributed by atoms with Crippen molar-refractivity contribution in [2.45, 2.75) is 52.0 Å². The highest BCUT2D eigenvalue weighted by Crippen LogP contribution is 2.20. The maximum atomic E-state index is 12.8. The van der Waals surface area contributed by atoms with Crippen LogP contribution in [0.15, 0.2) is 24.3 Å². The molecule has 1 aromatic rings. The van der Waals surface area contributed by atoms with Gasteiger partial charge in [-0.25, -0.2) is 8.78 Å². The molecule has 156 valence electrons. The molecule has 0 bridgehead atoms. The van der Waals surface area contributed by atoms with Crippen LogP contribution in [0.3, 0.4) is 0 Å². The van der Waals surface area contributed by atoms with E-state index >= 15 is 0 Å². The fourth-order valence-corrected chi connectivity index (χ4v) is 3.21. The number of benzene rings is 1. The highest BCUT2D eigenvalue weighted by atomic mass is 19.3. The number of likely N-dealkylation sites (tertiary alicyclic amines) is 1. The summed E-state index contributed by atoms with van der Waals surface area (Å²) >= 11 is 0. The minimum absolute atomic E-state index is 0.0394. The van der Waals surface area contributed by atoms with Crippen LogP contribution in [0.2, 0.25) is 0 Å². The molecule has 1 saturated heterocycles. The topological polar surface area (TPSA) is 61.4 Å². The first-order valence-corrected chi connectivity index (χ1v) is 9.90. The Labute approximate surface area is 165 Å². The number of carbonyl (C=O) groups excluding carboxylic acids is 2. The molecule has 7 heteroatoms. The van der Waals surface area contributed by atoms with Crippen LogP contribution < -0.4 is 10.6 Å². The Morgan fingerprint density at radius 2 is 1.93 bits per heavy atom. The first-order valence-electron chi connectivity index (χ1n) is 9.90. The average molecular weight is 395 g/mol. The van der Waals surface area contributed by atoms with E-state index in [-0.39, 0.29) is 28.5 Å². The fraction of sp³-hybridized carbons (Fsp3) is 0.619. The van der Waals surface area contributed by atoms with Crippen LogP contribution in [0.4, 0.5) is 8.78 Å². The summed E-state index contributed by atoms with van der Waals surface area (Å²) in [7, 11) is 0. The van der Waals surface area contributed by atoms with E-state index in [2.05, 4.69) is 15.5 Å². The quantitative estimate of drug-likeness (QED) is 0.709. The highest BCUT2D eigenvalue weighted by molar-refractivity contribution is 5.94. The van der Waals surface area contributed by atoms with E-state index in [1.165, 1.54) is 18.2 Å². The van der Waals surface area contributed by atoms with Crippen LogP contribution in [-0.2, 0) is 4.79 Å². The van der Waals surface area contributed by atoms with E-state index in [4.69, 9.17) is 0 Å². The number of halogens is 2. The molecular weight excluding hydrogens is 364 g/mol. The lowest BCUT2D eigenvalue weighted by Crippen LogP contribution is -2.49. The van der Waals surface area contributed by atoms with Crippen molar-refractivity contribution in [3.8, 4) is 0 Å². The molecule has 0 aromatic heterocycles. The van der Waals surface area contributed by atoms with Crippen LogP contribution in [0.25, 0.3) is 0 Å². The molecule has 0 aliphatic carbocycles. The zero-order chi connectivity index (χ0) is 20.7. The molecule has 1 heterocycles. The van der Waals surface area contributed by atoms with Crippen LogP contribution in [0.1, 0.15) is 62.4 Å². The molecule has 0 radical (unpaired) electrons. The number of hydrogen-bond acceptors (Lipinski definition) is 3. The minimum atomic E-state index is -2.59. The fourth-order valence-electron chi connectivity index (χ4n) is 3.21. The highest BCUT2D eigenvalue weighted by Gasteiger charge is 2.24. The molecule has 1 aromatic carbocycles. The predicted molar refractivity (Wildman–Crippen MR) is 105 cm³/mol. The lowest BCUT2D eigenvalue weighted by Gasteiger charge is -2.33. The van der Waals surface area contributed by atoms with E-state index < -0.39 is 6.43 Å². The summed E-state index contributed by atoms with van der Waals surface area (Å²) in [6, 6.07) is 5.56. The second-order valence-electron chi connectivity index (χ2n) is 8.14. The number of nitrogens with one attached hydrogen (secondary N) is 2. The maximum Gasteiger partial charge on any atom is 0.263 e. The summed E-state index contributed by atoms with van der Waals surface area (Å²) in [5.74, 6) is 0.0391. The van der Waals surface area contributed by atoms with Crippen molar-refractivity contribution in [3.63, 3.8) is 0 Å². The summed E-state index contributed by atoms with van der Waals surface area (Å²) < 4.78 is 25.5. The Morgan fingerprint density at radius 1 is 1.25 bits per heavy atom. The van der Waals surface area contributed by atoms with Gasteiger partial charge in [0.2, 0.25) is 5.91 Å². The van der Waals surface area contributed by atoms with E-state index in [1.54, 1.807) is 6.07 Å². The van der Waals surface area contributed by atoms with Gasteiger partial charge in [-0.05, 0) is 64.3 Å². The number of hydrogen-bond donors (Lipinski definition) is 2. The van der Waals surface area contributed by atoms with Gasteiger partial charge >= 0.3 is 0 Å². The third-order valence-corrected chi connectivity index (χ3v) is 5.39. The van der Waals surface area contributed by atoms with Gasteiger partial charge in [-0.15, -0.1) is 0 Å². The standard InChI is InChI=1S/C21H31F2N3O2/c1-4-21(2,3)25-18(27)14-26-10-8-15(9-11-26)13-24-20(28)17-7-5-6-16(12-17)19(22)23/h5-7,12,15,19H,4,8-11,13-14H2,1-3H3,(H,24,28)(H,25,27). The molecule has 1 fully saturated rings. The molecule has 0 saturated carbocycles. The molecule has 0 atom stereocenters. The smallest absolute Gasteiger partial charge is 0.263 e. The number of amides is 2. The zero-order valence-corrected chi connectivity index (χ0v) is 16.9. The lowest BCUT2D eigenvalue weighted by molar-refractivity contribution is -0.124. The van der Waals surface area contributed by atoms with Gasteiger partial charge in [-0.1, -0.05) is 19.1 Å². The Balaban J connectivity index is 1.73. The van der Waals surface area contributed by atoms with E-state index in [0.717, 1.165) is 32.4 Å². The molecule has 1 aliphatic heterocycles. The van der Waals surface area contributed by atoms with E-state index in [0.29, 0.717) is 19.0 Å². The Morgan fingerprint density at radius 3 is 2.54 bits per heavy atom. The van der Waals surface area contributed by atoms with Crippen LogP contribution in [0.5, 0.6) is 0 Å². The number of nitrogens with zero attached hydrogens (tertiary/aromatic N) is 1. The summed E-state index contributed by atoms with van der Waals surface area (Å²) in [5, 5.41) is 5.89. The van der Waals surface area contributed by atoms with Crippen LogP contribution in [-0.4, -0.2) is 48.4 Å². The summed E-state index contributed by atoms with van der Waals surface area (Å²) in [6.07, 6.45) is 0.0711. The third kappa shape index (κ3) is 6.86. The van der Waals surface area contributed by atoms with E-state index in [9.17, 15) is 18.4 Å². The van der Waals surface area contributed by atoms with Crippen molar-refractivity contribution in [2.75, 3.05) is 26.2 Å². The largest absolute Gasteiger partial charge is 0.352 e. The van der Waals surface area contributed by atoms with Gasteiger partial charge in [0.1, 0.15) is 0 Å². The van der Waals surface area contributed by atoms with Gasteiger partial charge in [0.05, 0.1) is 6.54 Å². The number of rotatable bonds is 8. The minimum Gasteiger partial charge on any atom is -0.352 e. The van der Waals surface area contributed by atoms with Gasteiger partial charge in [-0.2, -0.15) is 0 Å². The Hall–Kier alpha value is -2.02. The molecular formula is C21H31F2N3O2. The number of carbonyl (C=O) groups is 2.